The fourth-order valence-corrected chi connectivity index (χ4v) is 2.77. The van der Waals surface area contributed by atoms with Crippen molar-refractivity contribution in [3.8, 4) is 0 Å². The molecule has 2 aromatic carbocycles. The molecule has 1 saturated heterocycles. The number of nitrogens with one attached hydrogen (secondary N) is 1. The smallest absolute Gasteiger partial charge is 0.329 e. The van der Waals surface area contributed by atoms with Crippen LogP contribution in [0, 0.1) is 5.41 Å². The molecule has 0 bridgehead atoms. The number of carboxylic acids is 1. The monoisotopic (exact) mass is 350 g/mol. The van der Waals surface area contributed by atoms with Crippen molar-refractivity contribution >= 4 is 35.3 Å². The van der Waals surface area contributed by atoms with Gasteiger partial charge in [-0.3, -0.25) is 15.2 Å². The van der Waals surface area contributed by atoms with E-state index >= 15 is 0 Å². The first-order valence-corrected chi connectivity index (χ1v) is 8.00. The molecule has 0 spiro atoms. The van der Waals surface area contributed by atoms with Crippen molar-refractivity contribution in [3.63, 3.8) is 0 Å². The van der Waals surface area contributed by atoms with Crippen LogP contribution < -0.4 is 15.5 Å². The highest BCUT2D eigenvalue weighted by atomic mass is 16.4. The van der Waals surface area contributed by atoms with E-state index in [9.17, 15) is 9.59 Å². The number of carboxylic acid groups (broad SMARTS) is 1. The maximum Gasteiger partial charge on any atom is 0.329 e. The third-order valence-corrected chi connectivity index (χ3v) is 4.12. The van der Waals surface area contributed by atoms with E-state index in [0.717, 1.165) is 23.0 Å². The summed E-state index contributed by atoms with van der Waals surface area (Å²) in [6.45, 7) is 1.11. The molecule has 4 N–H and O–H groups in total. The second kappa shape index (κ2) is 7.10. The van der Waals surface area contributed by atoms with Crippen LogP contribution in [0.5, 0.6) is 0 Å². The van der Waals surface area contributed by atoms with Gasteiger partial charge in [-0.1, -0.05) is 12.1 Å². The van der Waals surface area contributed by atoms with Gasteiger partial charge >= 0.3 is 12.0 Å². The summed E-state index contributed by atoms with van der Waals surface area (Å²) >= 11 is 0. The zero-order chi connectivity index (χ0) is 18.7. The molecule has 3 rings (SSSR count). The van der Waals surface area contributed by atoms with Crippen molar-refractivity contribution in [2.24, 2.45) is 5.73 Å². The summed E-state index contributed by atoms with van der Waals surface area (Å²) in [5.41, 5.74) is 8.32. The number of benzene rings is 2. The molecule has 7 nitrogen and oxygen atoms in total. The number of amidine groups is 1. The fourth-order valence-electron chi connectivity index (χ4n) is 2.77. The molecule has 7 heteroatoms. The second-order valence-corrected chi connectivity index (χ2v) is 5.81. The average molecular weight is 350 g/mol. The first-order valence-electron chi connectivity index (χ1n) is 8.00. The van der Waals surface area contributed by atoms with E-state index in [1.807, 2.05) is 0 Å². The molecular formula is C19H18N4O3. The number of nitrogens with two attached hydrogens (primary N) is 1. The third kappa shape index (κ3) is 3.56. The number of aliphatic carboxylic acids is 1. The first-order chi connectivity index (χ1) is 12.5. The van der Waals surface area contributed by atoms with Crippen molar-refractivity contribution in [1.29, 1.82) is 5.41 Å². The van der Waals surface area contributed by atoms with Crippen molar-refractivity contribution in [1.82, 2.24) is 0 Å². The van der Waals surface area contributed by atoms with Gasteiger partial charge in [-0.2, -0.15) is 0 Å². The summed E-state index contributed by atoms with van der Waals surface area (Å²) in [6, 6.07) is 14.0. The van der Waals surface area contributed by atoms with Crippen molar-refractivity contribution in [2.45, 2.75) is 0 Å². The normalized spacial score (nSPS) is 14.2. The lowest BCUT2D eigenvalue weighted by atomic mass is 10.2. The largest absolute Gasteiger partial charge is 0.478 e. The number of urea groups is 1. The maximum atomic E-state index is 12.7. The molecule has 0 radical (unpaired) electrons. The quantitative estimate of drug-likeness (QED) is 0.437. The van der Waals surface area contributed by atoms with Gasteiger partial charge in [0.15, 0.2) is 0 Å². The van der Waals surface area contributed by atoms with Crippen LogP contribution in [-0.4, -0.2) is 36.0 Å². The van der Waals surface area contributed by atoms with Crippen LogP contribution in [0.4, 0.5) is 16.2 Å². The lowest BCUT2D eigenvalue weighted by Crippen LogP contribution is -2.31. The van der Waals surface area contributed by atoms with Crippen molar-refractivity contribution < 1.29 is 14.7 Å². The number of nitrogens with zero attached hydrogens (tertiary/aromatic N) is 2. The van der Waals surface area contributed by atoms with Crippen molar-refractivity contribution in [3.05, 3.63) is 65.7 Å². The second-order valence-electron chi connectivity index (χ2n) is 5.81. The highest BCUT2D eigenvalue weighted by Crippen LogP contribution is 2.25. The number of carbonyl (C=O) groups is 2. The van der Waals surface area contributed by atoms with Crippen LogP contribution in [0.1, 0.15) is 11.1 Å². The van der Waals surface area contributed by atoms with Gasteiger partial charge in [0.2, 0.25) is 0 Å². The van der Waals surface area contributed by atoms with Gasteiger partial charge in [-0.25, -0.2) is 9.59 Å². The zero-order valence-corrected chi connectivity index (χ0v) is 13.9. The van der Waals surface area contributed by atoms with E-state index < -0.39 is 5.97 Å². The number of carbonyl (C=O) groups excluding carboxylic acids is 1. The topological polar surface area (TPSA) is 111 Å². The van der Waals surface area contributed by atoms with Gasteiger partial charge in [-0.05, 0) is 48.0 Å². The molecule has 0 aromatic heterocycles. The van der Waals surface area contributed by atoms with Gasteiger partial charge in [-0.15, -0.1) is 0 Å². The maximum absolute atomic E-state index is 12.7. The Morgan fingerprint density at radius 1 is 1.00 bits per heavy atom. The van der Waals surface area contributed by atoms with Crippen LogP contribution in [0.3, 0.4) is 0 Å². The Bertz CT molecular complexity index is 873. The standard InChI is InChI=1S/C19H18N4O3/c20-18(21)14-4-8-16(9-5-14)23-12-11-22(19(23)26)15-6-1-13(2-7-15)3-10-17(24)25/h1-10H,11-12H2,(H3,20,21)(H,24,25)/b10-3+. The predicted molar refractivity (Wildman–Crippen MR) is 101 cm³/mol. The molecule has 0 aliphatic carbocycles. The van der Waals surface area contributed by atoms with Crippen LogP contribution >= 0.6 is 0 Å². The number of amides is 2. The molecular weight excluding hydrogens is 332 g/mol. The lowest BCUT2D eigenvalue weighted by molar-refractivity contribution is -0.131. The predicted octanol–water partition coefficient (Wildman–Crippen LogP) is 2.52. The molecule has 2 amide bonds. The Morgan fingerprint density at radius 2 is 1.50 bits per heavy atom. The first kappa shape index (κ1) is 17.2. The molecule has 0 saturated carbocycles. The Kier molecular flexibility index (Phi) is 4.70. The Hall–Kier alpha value is -3.61. The Morgan fingerprint density at radius 3 is 1.96 bits per heavy atom. The molecule has 1 heterocycles. The van der Waals surface area contributed by atoms with E-state index in [1.54, 1.807) is 58.3 Å². The summed E-state index contributed by atoms with van der Waals surface area (Å²) in [5.74, 6) is -1.02. The van der Waals surface area contributed by atoms with Gasteiger partial charge in [0.1, 0.15) is 5.84 Å². The van der Waals surface area contributed by atoms with E-state index in [1.165, 1.54) is 6.08 Å². The average Bonchev–Trinajstić information content (AvgIpc) is 3.02. The summed E-state index contributed by atoms with van der Waals surface area (Å²) in [7, 11) is 0. The number of hydrogen-bond acceptors (Lipinski definition) is 3. The van der Waals surface area contributed by atoms with Gasteiger partial charge in [0, 0.05) is 36.1 Å². The Labute approximate surface area is 150 Å². The molecule has 1 aliphatic heterocycles. The summed E-state index contributed by atoms with van der Waals surface area (Å²) < 4.78 is 0. The number of anilines is 2. The van der Waals surface area contributed by atoms with E-state index in [0.29, 0.717) is 18.7 Å². The number of hydrogen-bond donors (Lipinski definition) is 3. The van der Waals surface area contributed by atoms with E-state index in [2.05, 4.69) is 0 Å². The van der Waals surface area contributed by atoms with Crippen LogP contribution in [0.15, 0.2) is 54.6 Å². The van der Waals surface area contributed by atoms with Gasteiger partial charge in [0.25, 0.3) is 0 Å². The molecule has 132 valence electrons. The number of nitrogen functional groups attached to an aromatic ring is 1. The molecule has 0 unspecified atom stereocenters. The molecule has 26 heavy (non-hydrogen) atoms. The molecule has 1 aliphatic rings. The fraction of sp³-hybridized carbons (Fsp3) is 0.105. The van der Waals surface area contributed by atoms with Gasteiger partial charge < -0.3 is 10.8 Å². The summed E-state index contributed by atoms with van der Waals surface area (Å²) in [5, 5.41) is 16.1. The van der Waals surface area contributed by atoms with Gasteiger partial charge in [0.05, 0.1) is 0 Å². The van der Waals surface area contributed by atoms with Crippen LogP contribution in [0.25, 0.3) is 6.08 Å². The number of rotatable bonds is 5. The molecule has 1 fully saturated rings. The highest BCUT2D eigenvalue weighted by molar-refractivity contribution is 6.06. The van der Waals surface area contributed by atoms with Crippen LogP contribution in [-0.2, 0) is 4.79 Å². The minimum absolute atomic E-state index is 0.0111. The highest BCUT2D eigenvalue weighted by Gasteiger charge is 2.30. The van der Waals surface area contributed by atoms with Crippen molar-refractivity contribution in [2.75, 3.05) is 22.9 Å². The summed E-state index contributed by atoms with van der Waals surface area (Å²) in [6.07, 6.45) is 2.57. The minimum atomic E-state index is -1.00. The van der Waals surface area contributed by atoms with E-state index in [4.69, 9.17) is 16.2 Å². The van der Waals surface area contributed by atoms with E-state index in [-0.39, 0.29) is 11.9 Å². The lowest BCUT2D eigenvalue weighted by Gasteiger charge is -2.19. The zero-order valence-electron chi connectivity index (χ0n) is 13.9. The summed E-state index contributed by atoms with van der Waals surface area (Å²) in [4.78, 5) is 26.6. The molecule has 0 atom stereocenters. The minimum Gasteiger partial charge on any atom is -0.478 e. The van der Waals surface area contributed by atoms with Crippen LogP contribution in [0.2, 0.25) is 0 Å². The molecule has 2 aromatic rings. The Balaban J connectivity index is 1.74. The SMILES string of the molecule is N=C(N)c1ccc(N2CCN(c3ccc(/C=C/C(=O)O)cc3)C2=O)cc1. The third-order valence-electron chi connectivity index (χ3n) is 4.12.